The fraction of sp³-hybridized carbons (Fsp3) is 0.700. The monoisotopic (exact) mass is 781 g/mol. The first-order chi connectivity index (χ1) is 27.5. The van der Waals surface area contributed by atoms with Crippen LogP contribution in [0.4, 0.5) is 0 Å². The molecule has 0 N–H and O–H groups in total. The van der Waals surface area contributed by atoms with Gasteiger partial charge in [-0.15, -0.1) is 0 Å². The Morgan fingerprint density at radius 3 is 1.21 bits per heavy atom. The molecule has 56 heavy (non-hydrogen) atoms. The van der Waals surface area contributed by atoms with Crippen LogP contribution in [0.5, 0.6) is 0 Å². The molecule has 0 aromatic heterocycles. The van der Waals surface area contributed by atoms with Crippen LogP contribution in [0, 0.1) is 0 Å². The molecule has 0 amide bonds. The van der Waals surface area contributed by atoms with E-state index in [9.17, 15) is 14.4 Å². The summed E-state index contributed by atoms with van der Waals surface area (Å²) in [5.74, 6) is -0.971. The first-order valence-electron chi connectivity index (χ1n) is 23.0. The summed E-state index contributed by atoms with van der Waals surface area (Å²) in [6.45, 7) is 6.37. The van der Waals surface area contributed by atoms with Crippen LogP contribution in [0.2, 0.25) is 0 Å². The molecule has 0 saturated carbocycles. The number of unbranched alkanes of at least 4 members (excludes halogenated alkanes) is 20. The van der Waals surface area contributed by atoms with Gasteiger partial charge in [-0.2, -0.15) is 0 Å². The van der Waals surface area contributed by atoms with Gasteiger partial charge in [0.2, 0.25) is 0 Å². The molecule has 0 aromatic carbocycles. The zero-order chi connectivity index (χ0) is 40.8. The van der Waals surface area contributed by atoms with Gasteiger partial charge in [-0.1, -0.05) is 177 Å². The van der Waals surface area contributed by atoms with Gasteiger partial charge >= 0.3 is 17.9 Å². The molecule has 0 aliphatic carbocycles. The maximum absolute atomic E-state index is 12.7. The van der Waals surface area contributed by atoms with E-state index >= 15 is 0 Å². The van der Waals surface area contributed by atoms with Crippen LogP contribution in [0.15, 0.2) is 72.9 Å². The van der Waals surface area contributed by atoms with Crippen molar-refractivity contribution in [3.05, 3.63) is 72.9 Å². The lowest BCUT2D eigenvalue weighted by Gasteiger charge is -2.18. The summed E-state index contributed by atoms with van der Waals surface area (Å²) in [5.41, 5.74) is 0. The lowest BCUT2D eigenvalue weighted by atomic mass is 10.1. The van der Waals surface area contributed by atoms with E-state index < -0.39 is 6.10 Å². The highest BCUT2D eigenvalue weighted by molar-refractivity contribution is 5.71. The van der Waals surface area contributed by atoms with Crippen molar-refractivity contribution >= 4 is 17.9 Å². The summed E-state index contributed by atoms with van der Waals surface area (Å²) in [4.78, 5) is 37.7. The molecule has 0 heterocycles. The minimum atomic E-state index is -0.800. The molecule has 320 valence electrons. The number of hydrogen-bond donors (Lipinski definition) is 0. The average Bonchev–Trinajstić information content (AvgIpc) is 3.19. The number of carbonyl (C=O) groups is 3. The van der Waals surface area contributed by atoms with Crippen LogP contribution in [-0.2, 0) is 28.6 Å². The Morgan fingerprint density at radius 1 is 0.375 bits per heavy atom. The van der Waals surface area contributed by atoms with Crippen molar-refractivity contribution in [2.45, 2.75) is 213 Å². The van der Waals surface area contributed by atoms with E-state index in [1.807, 2.05) is 6.08 Å². The van der Waals surface area contributed by atoms with E-state index in [1.54, 1.807) is 0 Å². The van der Waals surface area contributed by atoms with Crippen LogP contribution >= 0.6 is 0 Å². The van der Waals surface area contributed by atoms with Gasteiger partial charge in [0.15, 0.2) is 6.10 Å². The Kier molecular flexibility index (Phi) is 42.1. The Balaban J connectivity index is 4.47. The van der Waals surface area contributed by atoms with Gasteiger partial charge in [0, 0.05) is 19.3 Å². The fourth-order valence-corrected chi connectivity index (χ4v) is 6.00. The third-order valence-electron chi connectivity index (χ3n) is 9.50. The Bertz CT molecular complexity index is 1080. The van der Waals surface area contributed by atoms with Gasteiger partial charge in [0.25, 0.3) is 0 Å². The highest BCUT2D eigenvalue weighted by Gasteiger charge is 2.19. The predicted octanol–water partition coefficient (Wildman–Crippen LogP) is 14.7. The largest absolute Gasteiger partial charge is 0.462 e. The van der Waals surface area contributed by atoms with Gasteiger partial charge in [-0.05, 0) is 83.5 Å². The van der Waals surface area contributed by atoms with Gasteiger partial charge in [0.05, 0.1) is 0 Å². The van der Waals surface area contributed by atoms with Gasteiger partial charge in [-0.25, -0.2) is 0 Å². The topological polar surface area (TPSA) is 78.9 Å². The molecule has 0 radical (unpaired) electrons. The second-order valence-corrected chi connectivity index (χ2v) is 15.0. The van der Waals surface area contributed by atoms with E-state index in [-0.39, 0.29) is 31.1 Å². The zero-order valence-corrected chi connectivity index (χ0v) is 36.4. The first-order valence-corrected chi connectivity index (χ1v) is 23.0. The van der Waals surface area contributed by atoms with Gasteiger partial charge < -0.3 is 14.2 Å². The molecule has 0 bridgehead atoms. The SMILES string of the molecule is CC\C=C/C=C\C=C/CCCCCCCC(=O)OC(COC(=O)CCCCC/C=C\C=C/CCCC)COC(=O)CCCCC/C=C\CCCCCCCCC. The summed E-state index contributed by atoms with van der Waals surface area (Å²) in [7, 11) is 0. The first kappa shape index (κ1) is 52.9. The number of carbonyl (C=O) groups excluding carboxylic acids is 3. The number of allylic oxidation sites excluding steroid dienone is 12. The lowest BCUT2D eigenvalue weighted by molar-refractivity contribution is -0.167. The minimum absolute atomic E-state index is 0.101. The molecule has 0 rings (SSSR count). The smallest absolute Gasteiger partial charge is 0.306 e. The maximum atomic E-state index is 12.7. The molecule has 6 nitrogen and oxygen atoms in total. The maximum Gasteiger partial charge on any atom is 0.306 e. The van der Waals surface area contributed by atoms with E-state index in [4.69, 9.17) is 14.2 Å². The third-order valence-corrected chi connectivity index (χ3v) is 9.50. The summed E-state index contributed by atoms with van der Waals surface area (Å²) in [6.07, 6.45) is 54.6. The molecule has 6 heteroatoms. The normalized spacial score (nSPS) is 12.7. The average molecular weight is 781 g/mol. The zero-order valence-electron chi connectivity index (χ0n) is 36.4. The van der Waals surface area contributed by atoms with E-state index in [0.717, 1.165) is 109 Å². The number of rotatable bonds is 40. The van der Waals surface area contributed by atoms with Gasteiger partial charge in [0.1, 0.15) is 13.2 Å². The van der Waals surface area contributed by atoms with Crippen LogP contribution in [0.1, 0.15) is 207 Å². The quantitative estimate of drug-likeness (QED) is 0.0203. The molecule has 0 aliphatic rings. The van der Waals surface area contributed by atoms with E-state index in [2.05, 4.69) is 87.6 Å². The van der Waals surface area contributed by atoms with Crippen molar-refractivity contribution in [1.29, 1.82) is 0 Å². The molecular weight excluding hydrogens is 697 g/mol. The highest BCUT2D eigenvalue weighted by Crippen LogP contribution is 2.13. The van der Waals surface area contributed by atoms with Crippen LogP contribution in [0.3, 0.4) is 0 Å². The summed E-state index contributed by atoms with van der Waals surface area (Å²) in [6, 6.07) is 0. The molecule has 0 spiro atoms. The van der Waals surface area contributed by atoms with Crippen molar-refractivity contribution in [2.75, 3.05) is 13.2 Å². The summed E-state index contributed by atoms with van der Waals surface area (Å²) in [5, 5.41) is 0. The summed E-state index contributed by atoms with van der Waals surface area (Å²) >= 11 is 0. The summed E-state index contributed by atoms with van der Waals surface area (Å²) < 4.78 is 16.7. The molecule has 0 saturated heterocycles. The highest BCUT2D eigenvalue weighted by atomic mass is 16.6. The van der Waals surface area contributed by atoms with E-state index in [0.29, 0.717) is 19.3 Å². The predicted molar refractivity (Wildman–Crippen MR) is 238 cm³/mol. The Labute approximate surface area is 344 Å². The van der Waals surface area contributed by atoms with Crippen LogP contribution < -0.4 is 0 Å². The molecule has 1 atom stereocenters. The fourth-order valence-electron chi connectivity index (χ4n) is 6.00. The van der Waals surface area contributed by atoms with Gasteiger partial charge in [-0.3, -0.25) is 14.4 Å². The third kappa shape index (κ3) is 42.0. The van der Waals surface area contributed by atoms with Crippen molar-refractivity contribution in [1.82, 2.24) is 0 Å². The van der Waals surface area contributed by atoms with Crippen molar-refractivity contribution in [3.63, 3.8) is 0 Å². The number of esters is 3. The Hall–Kier alpha value is -3.15. The second kappa shape index (κ2) is 44.6. The van der Waals surface area contributed by atoms with E-state index in [1.165, 1.54) is 57.8 Å². The molecule has 0 aliphatic heterocycles. The van der Waals surface area contributed by atoms with Crippen LogP contribution in [-0.4, -0.2) is 37.2 Å². The molecule has 0 fully saturated rings. The Morgan fingerprint density at radius 2 is 0.732 bits per heavy atom. The minimum Gasteiger partial charge on any atom is -0.462 e. The van der Waals surface area contributed by atoms with Crippen molar-refractivity contribution in [2.24, 2.45) is 0 Å². The molecule has 0 aromatic rings. The van der Waals surface area contributed by atoms with Crippen molar-refractivity contribution in [3.8, 4) is 0 Å². The second-order valence-electron chi connectivity index (χ2n) is 15.0. The number of hydrogen-bond acceptors (Lipinski definition) is 6. The van der Waals surface area contributed by atoms with Crippen molar-refractivity contribution < 1.29 is 28.6 Å². The number of ether oxygens (including phenoxy) is 3. The molecular formula is C50H84O6. The standard InChI is InChI=1S/C50H84O6/c1-4-7-10-13-16-19-22-24-26-28-31-34-37-40-43-49(52)55-46-47(45-54-48(51)42-39-36-33-30-27-21-18-15-12-9-6-3)56-50(53)44-41-38-35-32-29-25-23-20-17-14-11-8-5-2/h8,11,14-15,17-18,20-21,23,26-28,47H,4-7,9-10,12-13,16,19,22,24-25,29-46H2,1-3H3/b11-8-,17-14-,18-15-,23-20-,27-21-,28-26-. The lowest BCUT2D eigenvalue weighted by Crippen LogP contribution is -2.30. The molecule has 1 unspecified atom stereocenters. The van der Waals surface area contributed by atoms with Crippen LogP contribution in [0.25, 0.3) is 0 Å².